The van der Waals surface area contributed by atoms with Crippen LogP contribution in [0.25, 0.3) is 0 Å². The molecule has 1 aliphatic rings. The number of nitrogens with one attached hydrogen (secondary N) is 1. The largest absolute Gasteiger partial charge is 0.382 e. The number of thiazole rings is 1. The van der Waals surface area contributed by atoms with Crippen LogP contribution < -0.4 is 16.0 Å². The third kappa shape index (κ3) is 3.67. The Balaban J connectivity index is 2.02. The van der Waals surface area contributed by atoms with E-state index in [9.17, 15) is 4.79 Å². The molecule has 0 radical (unpaired) electrons. The van der Waals surface area contributed by atoms with Crippen LogP contribution in [0.5, 0.6) is 0 Å². The second-order valence-electron chi connectivity index (χ2n) is 6.73. The van der Waals surface area contributed by atoms with Crippen molar-refractivity contribution in [2.45, 2.75) is 40.5 Å². The second-order valence-corrected chi connectivity index (χ2v) is 7.71. The number of hydrogen-bond donors (Lipinski definition) is 2. The van der Waals surface area contributed by atoms with Crippen LogP contribution in [0, 0.1) is 11.3 Å². The standard InChI is InChI=1S/C15H26N4OS/c1-10(2)15(3,4)9-17-13(20)11-12(16)18-14(21-11)19-7-5-6-8-19/h10H,5-9,16H2,1-4H3,(H,17,20). The van der Waals surface area contributed by atoms with Gasteiger partial charge in [0, 0.05) is 19.6 Å². The summed E-state index contributed by atoms with van der Waals surface area (Å²) >= 11 is 1.40. The molecule has 0 unspecified atom stereocenters. The van der Waals surface area contributed by atoms with Crippen molar-refractivity contribution in [3.05, 3.63) is 4.88 Å². The molecule has 0 saturated carbocycles. The van der Waals surface area contributed by atoms with E-state index in [2.05, 4.69) is 42.9 Å². The predicted molar refractivity (Wildman–Crippen MR) is 88.9 cm³/mol. The Morgan fingerprint density at radius 2 is 2.05 bits per heavy atom. The van der Waals surface area contributed by atoms with Crippen LogP contribution in [0.2, 0.25) is 0 Å². The zero-order valence-electron chi connectivity index (χ0n) is 13.4. The summed E-state index contributed by atoms with van der Waals surface area (Å²) in [4.78, 5) is 19.4. The van der Waals surface area contributed by atoms with E-state index in [0.29, 0.717) is 23.2 Å². The topological polar surface area (TPSA) is 71.2 Å². The van der Waals surface area contributed by atoms with Gasteiger partial charge in [-0.25, -0.2) is 4.98 Å². The maximum Gasteiger partial charge on any atom is 0.265 e. The Bertz CT molecular complexity index is 504. The van der Waals surface area contributed by atoms with Gasteiger partial charge in [-0.3, -0.25) is 4.79 Å². The van der Waals surface area contributed by atoms with Crippen molar-refractivity contribution >= 4 is 28.2 Å². The van der Waals surface area contributed by atoms with Crippen LogP contribution in [0.15, 0.2) is 0 Å². The van der Waals surface area contributed by atoms with E-state index in [1.807, 2.05) is 0 Å². The first-order valence-corrected chi connectivity index (χ1v) is 8.42. The predicted octanol–water partition coefficient (Wildman–Crippen LogP) is 2.74. The smallest absolute Gasteiger partial charge is 0.265 e. The molecule has 0 atom stereocenters. The molecule has 0 aromatic carbocycles. The van der Waals surface area contributed by atoms with Crippen molar-refractivity contribution in [1.82, 2.24) is 10.3 Å². The van der Waals surface area contributed by atoms with Gasteiger partial charge >= 0.3 is 0 Å². The number of rotatable bonds is 5. The minimum atomic E-state index is -0.107. The summed E-state index contributed by atoms with van der Waals surface area (Å²) < 4.78 is 0. The highest BCUT2D eigenvalue weighted by molar-refractivity contribution is 7.18. The van der Waals surface area contributed by atoms with Gasteiger partial charge in [-0.1, -0.05) is 39.0 Å². The van der Waals surface area contributed by atoms with Crippen LogP contribution in [-0.4, -0.2) is 30.5 Å². The van der Waals surface area contributed by atoms with Gasteiger partial charge in [0.2, 0.25) is 0 Å². The molecule has 0 bridgehead atoms. The first-order chi connectivity index (χ1) is 9.81. The molecule has 1 amide bonds. The Morgan fingerprint density at radius 3 is 2.62 bits per heavy atom. The Hall–Kier alpha value is -1.30. The summed E-state index contributed by atoms with van der Waals surface area (Å²) in [5, 5.41) is 3.87. The normalized spacial score (nSPS) is 15.8. The van der Waals surface area contributed by atoms with E-state index < -0.39 is 0 Å². The number of anilines is 2. The molecule has 1 aromatic heterocycles. The highest BCUT2D eigenvalue weighted by atomic mass is 32.1. The van der Waals surface area contributed by atoms with Crippen molar-refractivity contribution in [3.63, 3.8) is 0 Å². The van der Waals surface area contributed by atoms with Crippen LogP contribution in [0.4, 0.5) is 10.9 Å². The van der Waals surface area contributed by atoms with Gasteiger partial charge in [0.15, 0.2) is 5.13 Å². The van der Waals surface area contributed by atoms with E-state index in [-0.39, 0.29) is 11.3 Å². The molecular weight excluding hydrogens is 284 g/mol. The first kappa shape index (κ1) is 16.1. The van der Waals surface area contributed by atoms with Crippen molar-refractivity contribution in [2.24, 2.45) is 11.3 Å². The third-order valence-electron chi connectivity index (χ3n) is 4.49. The summed E-state index contributed by atoms with van der Waals surface area (Å²) in [6, 6.07) is 0. The molecule has 3 N–H and O–H groups in total. The Kier molecular flexibility index (Phi) is 4.76. The summed E-state index contributed by atoms with van der Waals surface area (Å²) in [6.07, 6.45) is 2.37. The number of carbonyl (C=O) groups excluding carboxylic acids is 1. The minimum absolute atomic E-state index is 0.0624. The van der Waals surface area contributed by atoms with Gasteiger partial charge in [-0.15, -0.1) is 0 Å². The fourth-order valence-corrected chi connectivity index (χ4v) is 3.07. The monoisotopic (exact) mass is 310 g/mol. The molecule has 5 nitrogen and oxygen atoms in total. The fourth-order valence-electron chi connectivity index (χ4n) is 2.12. The van der Waals surface area contributed by atoms with Gasteiger partial charge in [0.1, 0.15) is 10.7 Å². The molecule has 1 aliphatic heterocycles. The summed E-state index contributed by atoms with van der Waals surface area (Å²) in [5.74, 6) is 0.739. The highest BCUT2D eigenvalue weighted by Gasteiger charge is 2.25. The molecule has 0 spiro atoms. The van der Waals surface area contributed by atoms with E-state index in [0.717, 1.165) is 18.2 Å². The molecular formula is C15H26N4OS. The van der Waals surface area contributed by atoms with Gasteiger partial charge in [0.05, 0.1) is 0 Å². The molecule has 21 heavy (non-hydrogen) atoms. The van der Waals surface area contributed by atoms with Crippen LogP contribution >= 0.6 is 11.3 Å². The number of nitrogen functional groups attached to an aromatic ring is 1. The average molecular weight is 310 g/mol. The number of nitrogens with two attached hydrogens (primary N) is 1. The van der Waals surface area contributed by atoms with Crippen molar-refractivity contribution in [3.8, 4) is 0 Å². The van der Waals surface area contributed by atoms with Crippen molar-refractivity contribution in [1.29, 1.82) is 0 Å². The van der Waals surface area contributed by atoms with E-state index in [4.69, 9.17) is 5.73 Å². The third-order valence-corrected chi connectivity index (χ3v) is 5.62. The summed E-state index contributed by atoms with van der Waals surface area (Å²) in [6.45, 7) is 11.3. The first-order valence-electron chi connectivity index (χ1n) is 7.60. The lowest BCUT2D eigenvalue weighted by Crippen LogP contribution is -2.36. The lowest BCUT2D eigenvalue weighted by atomic mass is 9.81. The van der Waals surface area contributed by atoms with E-state index in [1.165, 1.54) is 24.2 Å². The van der Waals surface area contributed by atoms with Crippen molar-refractivity contribution in [2.75, 3.05) is 30.3 Å². The Labute approximate surface area is 130 Å². The molecule has 1 saturated heterocycles. The molecule has 2 heterocycles. The van der Waals surface area contributed by atoms with E-state index in [1.54, 1.807) is 0 Å². The van der Waals surface area contributed by atoms with E-state index >= 15 is 0 Å². The number of amides is 1. The molecule has 2 rings (SSSR count). The summed E-state index contributed by atoms with van der Waals surface area (Å²) in [7, 11) is 0. The highest BCUT2D eigenvalue weighted by Crippen LogP contribution is 2.31. The zero-order chi connectivity index (χ0) is 15.6. The SMILES string of the molecule is CC(C)C(C)(C)CNC(=O)c1sc(N2CCCC2)nc1N. The molecule has 1 fully saturated rings. The van der Waals surface area contributed by atoms with Gasteiger partial charge in [-0.2, -0.15) is 0 Å². The van der Waals surface area contributed by atoms with Crippen LogP contribution in [-0.2, 0) is 0 Å². The number of nitrogens with zero attached hydrogens (tertiary/aromatic N) is 2. The van der Waals surface area contributed by atoms with Gasteiger partial charge in [-0.05, 0) is 24.2 Å². The second kappa shape index (κ2) is 6.22. The average Bonchev–Trinajstić information content (AvgIpc) is 3.04. The Morgan fingerprint density at radius 1 is 1.43 bits per heavy atom. The number of carbonyl (C=O) groups is 1. The minimum Gasteiger partial charge on any atom is -0.382 e. The zero-order valence-corrected chi connectivity index (χ0v) is 14.2. The maximum atomic E-state index is 12.3. The van der Waals surface area contributed by atoms with Crippen LogP contribution in [0.3, 0.4) is 0 Å². The molecule has 6 heteroatoms. The van der Waals surface area contributed by atoms with Crippen LogP contribution in [0.1, 0.15) is 50.2 Å². The quantitative estimate of drug-likeness (QED) is 0.877. The van der Waals surface area contributed by atoms with Crippen molar-refractivity contribution < 1.29 is 4.79 Å². The molecule has 1 aromatic rings. The number of aromatic nitrogens is 1. The van der Waals surface area contributed by atoms with Gasteiger partial charge in [0.25, 0.3) is 5.91 Å². The van der Waals surface area contributed by atoms with Gasteiger partial charge < -0.3 is 16.0 Å². The lowest BCUT2D eigenvalue weighted by Gasteiger charge is -2.29. The molecule has 0 aliphatic carbocycles. The summed E-state index contributed by atoms with van der Waals surface area (Å²) in [5.41, 5.74) is 5.98. The lowest BCUT2D eigenvalue weighted by molar-refractivity contribution is 0.0929. The maximum absolute atomic E-state index is 12.3. The number of hydrogen-bond acceptors (Lipinski definition) is 5. The molecule has 118 valence electrons. The fraction of sp³-hybridized carbons (Fsp3) is 0.733.